The average Bonchev–Trinajstić information content (AvgIpc) is 1.30. The summed E-state index contributed by atoms with van der Waals surface area (Å²) < 4.78 is 56.7. The maximum absolute atomic E-state index is 15.4. The van der Waals surface area contributed by atoms with Crippen LogP contribution in [-0.2, 0) is 57.5 Å². The fraction of sp³-hybridized carbons (Fsp3) is 0.829. The van der Waals surface area contributed by atoms with Crippen LogP contribution in [0.2, 0.25) is 0 Å². The number of hydrogen-bond donors (Lipinski definition) is 3. The predicted molar refractivity (Wildman–Crippen MR) is 358 cm³/mol. The summed E-state index contributed by atoms with van der Waals surface area (Å²) in [4.78, 5) is 189. The van der Waals surface area contributed by atoms with E-state index in [1.807, 2.05) is 20.8 Å². The van der Waals surface area contributed by atoms with Gasteiger partial charge in [0.1, 0.15) is 54.0 Å². The normalized spacial score (nSPS) is 29.4. The van der Waals surface area contributed by atoms with E-state index in [4.69, 9.17) is 0 Å². The molecule has 3 unspecified atom stereocenters. The van der Waals surface area contributed by atoms with Gasteiger partial charge in [-0.05, 0) is 119 Å². The number of nitrogens with zero attached hydrogens (tertiary/aromatic N) is 9. The molecule has 98 heavy (non-hydrogen) atoms. The van der Waals surface area contributed by atoms with Crippen molar-refractivity contribution >= 4 is 70.9 Å². The van der Waals surface area contributed by atoms with Crippen molar-refractivity contribution in [2.45, 2.75) is 249 Å². The summed E-state index contributed by atoms with van der Waals surface area (Å²) in [5.74, 6) is -11.9. The molecule has 3 aliphatic carbocycles. The van der Waals surface area contributed by atoms with Crippen LogP contribution in [0, 0.1) is 35.5 Å². The largest absolute Gasteiger partial charge is 0.394 e. The average molecular weight is 1390 g/mol. The van der Waals surface area contributed by atoms with E-state index in [-0.39, 0.29) is 69.7 Å². The lowest BCUT2D eigenvalue weighted by atomic mass is 9.78. The number of hydrogen-bond acceptors (Lipinski definition) is 12. The van der Waals surface area contributed by atoms with E-state index in [1.54, 1.807) is 25.7 Å². The van der Waals surface area contributed by atoms with Gasteiger partial charge in [0, 0.05) is 69.0 Å². The Morgan fingerprint density at radius 1 is 0.582 bits per heavy atom. The van der Waals surface area contributed by atoms with E-state index in [2.05, 4.69) is 16.0 Å². The van der Waals surface area contributed by atoms with Gasteiger partial charge in [0.2, 0.25) is 70.9 Å². The minimum atomic E-state index is -4.75. The number of piperidine rings is 1. The first-order chi connectivity index (χ1) is 46.0. The molecule has 3 aliphatic heterocycles. The van der Waals surface area contributed by atoms with Crippen LogP contribution in [0.1, 0.15) is 189 Å². The van der Waals surface area contributed by atoms with E-state index >= 15 is 18.8 Å². The number of carbonyl (C=O) groups is 12. The van der Waals surface area contributed by atoms with Crippen LogP contribution < -0.4 is 16.0 Å². The van der Waals surface area contributed by atoms with Gasteiger partial charge in [0.25, 0.3) is 0 Å². The molecule has 0 aromatic rings. The fourth-order valence-electron chi connectivity index (χ4n) is 15.6. The summed E-state index contributed by atoms with van der Waals surface area (Å²) in [5.41, 5.74) is -1.59. The second-order valence-electron chi connectivity index (χ2n) is 30.1. The molecule has 1 spiro atoms. The third kappa shape index (κ3) is 20.3. The minimum absolute atomic E-state index is 0.00192. The molecule has 554 valence electrons. The minimum Gasteiger partial charge on any atom is -0.343 e. The summed E-state index contributed by atoms with van der Waals surface area (Å²) in [5, 5.41) is 8.67. The molecule has 6 rings (SSSR count). The van der Waals surface area contributed by atoms with Crippen molar-refractivity contribution < 1.29 is 75.1 Å². The maximum atomic E-state index is 15.4. The first-order valence-electron chi connectivity index (χ1n) is 36.0. The Morgan fingerprint density at radius 2 is 1.18 bits per heavy atom. The van der Waals surface area contributed by atoms with Gasteiger partial charge in [0.15, 0.2) is 0 Å². The molecule has 0 radical (unpaired) electrons. The molecule has 6 fully saturated rings. The van der Waals surface area contributed by atoms with E-state index in [0.29, 0.717) is 51.6 Å². The molecular formula is C70H114F4N12O12. The third-order valence-corrected chi connectivity index (χ3v) is 22.0. The Balaban J connectivity index is 1.40. The SMILES string of the molecule is CC[C@H](C)[C@@H]1NC(=O)[C@H](CC(C)C)N(C)C(=O)C[C@@H](C(=O)N2CCCCC2)N(C)C(=O)[C@H](C(C)C)N(C)C(=O)C2(CCCC2)NC(=O)[C@@H]2CCCN2C(=O)[C@H](CCC2CCC(C(F)(F)F)C(F)C2)NC(=O)CN(C)C(=O)[C@H](CC2CCCCC2)N(C)C(=O)CN(C)C(=O)CN(C)C1=O. The van der Waals surface area contributed by atoms with Crippen molar-refractivity contribution in [3.63, 3.8) is 0 Å². The molecule has 3 N–H and O–H groups in total. The van der Waals surface area contributed by atoms with E-state index in [9.17, 15) is 56.3 Å². The molecular weight excluding hydrogens is 1280 g/mol. The van der Waals surface area contributed by atoms with Crippen LogP contribution in [0.15, 0.2) is 0 Å². The predicted octanol–water partition coefficient (Wildman–Crippen LogP) is 5.29. The molecule has 0 aromatic heterocycles. The first kappa shape index (κ1) is 80.3. The number of alkyl halides is 4. The van der Waals surface area contributed by atoms with Gasteiger partial charge < -0.3 is 60.0 Å². The van der Waals surface area contributed by atoms with Crippen molar-refractivity contribution in [2.24, 2.45) is 35.5 Å². The first-order valence-corrected chi connectivity index (χ1v) is 36.0. The summed E-state index contributed by atoms with van der Waals surface area (Å²) in [6, 6.07) is -8.82. The van der Waals surface area contributed by atoms with Gasteiger partial charge in [0.05, 0.1) is 32.0 Å². The van der Waals surface area contributed by atoms with E-state index in [0.717, 1.165) is 53.2 Å². The second-order valence-corrected chi connectivity index (χ2v) is 30.1. The van der Waals surface area contributed by atoms with Crippen molar-refractivity contribution in [1.29, 1.82) is 0 Å². The summed E-state index contributed by atoms with van der Waals surface area (Å²) >= 11 is 0. The van der Waals surface area contributed by atoms with Gasteiger partial charge in [-0.25, -0.2) is 4.39 Å². The zero-order chi connectivity index (χ0) is 72.8. The highest BCUT2D eigenvalue weighted by Crippen LogP contribution is 2.43. The van der Waals surface area contributed by atoms with Crippen LogP contribution in [0.3, 0.4) is 0 Å². The van der Waals surface area contributed by atoms with Gasteiger partial charge in [-0.2, -0.15) is 13.2 Å². The zero-order valence-corrected chi connectivity index (χ0v) is 60.5. The highest BCUT2D eigenvalue weighted by atomic mass is 19.4. The summed E-state index contributed by atoms with van der Waals surface area (Å²) in [7, 11) is 9.83. The van der Waals surface area contributed by atoms with Crippen molar-refractivity contribution in [3.8, 4) is 0 Å². The number of amides is 12. The molecule has 6 aliphatic rings. The summed E-state index contributed by atoms with van der Waals surface area (Å²) in [6.07, 6.45) is 0.465. The molecule has 24 nitrogen and oxygen atoms in total. The molecule has 0 bridgehead atoms. The monoisotopic (exact) mass is 1390 g/mol. The van der Waals surface area contributed by atoms with Gasteiger partial charge in [-0.3, -0.25) is 57.5 Å². The lowest BCUT2D eigenvalue weighted by Crippen LogP contribution is -2.65. The maximum Gasteiger partial charge on any atom is 0.394 e. The molecule has 28 heteroatoms. The van der Waals surface area contributed by atoms with E-state index < -0.39 is 194 Å². The standard InChI is InChI=1S/C70H114F4N12O12/c1-14-45(6)59-66(96)80(9)41-57(89)78(7)42-58(90)82(11)53(38-46-24-17-15-18-25-46)64(94)79(8)40-55(87)75-50(30-28-47-27-29-48(49(71)37-47)70(72,73)74)63(93)86-35-23-26-51(86)62(92)77-69(31-19-20-32-69)68(98)84(13)60(44(4)5)67(97)83(12)54(65(95)85-33-21-16-22-34-85)39-56(88)81(10)52(36-43(2)3)61(91)76-59/h43-54,59-60H,14-42H2,1-13H3,(H,75,87)(H,76,91)(H,77,92)/t45-,47?,48?,49?,50-,51-,52-,53-,54-,59-,60-/m0/s1. The number of rotatable bonds is 11. The van der Waals surface area contributed by atoms with Gasteiger partial charge in [-0.15, -0.1) is 0 Å². The van der Waals surface area contributed by atoms with Crippen LogP contribution in [0.25, 0.3) is 0 Å². The van der Waals surface area contributed by atoms with Crippen LogP contribution >= 0.6 is 0 Å². The topological polar surface area (TPSA) is 270 Å². The Morgan fingerprint density at radius 3 is 1.78 bits per heavy atom. The third-order valence-electron chi connectivity index (χ3n) is 22.0. The molecule has 12 amide bonds. The second kappa shape index (κ2) is 35.6. The van der Waals surface area contributed by atoms with Crippen LogP contribution in [0.4, 0.5) is 17.6 Å². The van der Waals surface area contributed by atoms with Crippen LogP contribution in [0.5, 0.6) is 0 Å². The molecule has 3 heterocycles. The van der Waals surface area contributed by atoms with E-state index in [1.165, 1.54) is 73.8 Å². The Bertz CT molecular complexity index is 2830. The Kier molecular flexibility index (Phi) is 29.2. The highest BCUT2D eigenvalue weighted by Gasteiger charge is 2.52. The molecule has 11 atom stereocenters. The van der Waals surface area contributed by atoms with Gasteiger partial charge >= 0.3 is 6.18 Å². The number of likely N-dealkylation sites (tertiary alicyclic amines) is 1. The Labute approximate surface area is 577 Å². The van der Waals surface area contributed by atoms with Crippen LogP contribution in [-0.4, -0.2) is 264 Å². The number of halogens is 4. The highest BCUT2D eigenvalue weighted by molar-refractivity contribution is 6.00. The number of carbonyl (C=O) groups excluding carboxylic acids is 12. The van der Waals surface area contributed by atoms with Gasteiger partial charge in [-0.1, -0.05) is 92.9 Å². The lowest BCUT2D eigenvalue weighted by molar-refractivity contribution is -0.201. The quantitative estimate of drug-likeness (QED) is 0.223. The molecule has 3 saturated carbocycles. The van der Waals surface area contributed by atoms with Crippen molar-refractivity contribution in [3.05, 3.63) is 0 Å². The number of nitrogens with one attached hydrogen (secondary N) is 3. The molecule has 3 saturated heterocycles. The zero-order valence-electron chi connectivity index (χ0n) is 60.5. The van der Waals surface area contributed by atoms with Crippen molar-refractivity contribution in [1.82, 2.24) is 60.0 Å². The number of likely N-dealkylation sites (N-methyl/N-ethyl adjacent to an activating group) is 7. The fourth-order valence-corrected chi connectivity index (χ4v) is 15.6. The smallest absolute Gasteiger partial charge is 0.343 e. The molecule has 0 aromatic carbocycles. The summed E-state index contributed by atoms with van der Waals surface area (Å²) in [6.45, 7) is 9.81. The lowest BCUT2D eigenvalue weighted by Gasteiger charge is -2.42. The number of fused-ring (bicyclic) bond motifs is 1. The van der Waals surface area contributed by atoms with Crippen molar-refractivity contribution in [2.75, 3.05) is 88.6 Å². The Hall–Kier alpha value is -6.64.